The van der Waals surface area contributed by atoms with Gasteiger partial charge in [0, 0.05) is 36.2 Å². The number of methoxy groups -OCH3 is 1. The lowest BCUT2D eigenvalue weighted by Crippen LogP contribution is -1.98. The number of hydrogen-bond donors (Lipinski definition) is 0. The summed E-state index contributed by atoms with van der Waals surface area (Å²) in [5.41, 5.74) is 5.58. The van der Waals surface area contributed by atoms with Crippen molar-refractivity contribution in [1.29, 1.82) is 0 Å². The van der Waals surface area contributed by atoms with Crippen LogP contribution >= 0.6 is 0 Å². The summed E-state index contributed by atoms with van der Waals surface area (Å²) < 4.78 is 15.8. The molecule has 0 atom stereocenters. The summed E-state index contributed by atoms with van der Waals surface area (Å²) in [6.45, 7) is 10.3. The van der Waals surface area contributed by atoms with E-state index in [1.807, 2.05) is 92.8 Å². The van der Waals surface area contributed by atoms with Crippen molar-refractivity contribution in [1.82, 2.24) is 9.97 Å². The van der Waals surface area contributed by atoms with Crippen LogP contribution in [0.3, 0.4) is 0 Å². The second-order valence-corrected chi connectivity index (χ2v) is 8.36. The van der Waals surface area contributed by atoms with Crippen LogP contribution < -0.4 is 9.47 Å². The van der Waals surface area contributed by atoms with Gasteiger partial charge in [0.15, 0.2) is 0 Å². The van der Waals surface area contributed by atoms with Crippen LogP contribution in [-0.2, 0) is 11.3 Å². The van der Waals surface area contributed by atoms with Crippen LogP contribution in [0.2, 0.25) is 0 Å². The Bertz CT molecular complexity index is 1380. The van der Waals surface area contributed by atoms with Crippen LogP contribution in [-0.4, -0.2) is 30.3 Å². The highest BCUT2D eigenvalue weighted by molar-refractivity contribution is 5.82. The third kappa shape index (κ3) is 8.29. The Morgan fingerprint density at radius 3 is 1.92 bits per heavy atom. The summed E-state index contributed by atoms with van der Waals surface area (Å²) in [7, 11) is 1.66. The summed E-state index contributed by atoms with van der Waals surface area (Å²) in [4.78, 5) is 8.78. The normalized spacial score (nSPS) is 10.2. The molecule has 0 saturated heterocycles. The lowest BCUT2D eigenvalue weighted by Gasteiger charge is -2.09. The molecule has 5 heteroatoms. The molecule has 0 amide bonds. The zero-order chi connectivity index (χ0) is 26.5. The van der Waals surface area contributed by atoms with E-state index in [0.717, 1.165) is 40.9 Å². The molecule has 5 aromatic rings. The van der Waals surface area contributed by atoms with Crippen molar-refractivity contribution in [2.75, 3.05) is 20.3 Å². The molecule has 0 unspecified atom stereocenters. The monoisotopic (exact) mass is 496 g/mol. The summed E-state index contributed by atoms with van der Waals surface area (Å²) >= 11 is 0. The Labute approximate surface area is 220 Å². The number of hydrogen-bond acceptors (Lipinski definition) is 5. The van der Waals surface area contributed by atoms with Gasteiger partial charge in [0.25, 0.3) is 0 Å². The largest absolute Gasteiger partial charge is 0.497 e. The molecule has 0 aliphatic heterocycles. The van der Waals surface area contributed by atoms with Gasteiger partial charge in [-0.3, -0.25) is 4.98 Å². The molecule has 0 N–H and O–H groups in total. The van der Waals surface area contributed by atoms with Gasteiger partial charge in [-0.2, -0.15) is 0 Å². The second-order valence-electron chi connectivity index (χ2n) is 8.36. The number of aromatic nitrogens is 2. The number of para-hydroxylation sites is 2. The number of ether oxygens (including phenoxy) is 3. The van der Waals surface area contributed by atoms with Crippen LogP contribution in [0.15, 0.2) is 91.1 Å². The van der Waals surface area contributed by atoms with Crippen molar-refractivity contribution >= 4 is 21.8 Å². The fourth-order valence-corrected chi connectivity index (χ4v) is 3.71. The number of pyridine rings is 2. The lowest BCUT2D eigenvalue weighted by atomic mass is 10.1. The molecule has 0 saturated carbocycles. The maximum Gasteiger partial charge on any atom is 0.214 e. The molecular weight excluding hydrogens is 460 g/mol. The number of aryl methyl sites for hydroxylation is 2. The summed E-state index contributed by atoms with van der Waals surface area (Å²) in [6, 6.07) is 28.1. The first-order valence-corrected chi connectivity index (χ1v) is 12.6. The van der Waals surface area contributed by atoms with E-state index in [0.29, 0.717) is 12.5 Å². The lowest BCUT2D eigenvalue weighted by molar-refractivity contribution is 0.162. The number of benzene rings is 3. The van der Waals surface area contributed by atoms with Gasteiger partial charge < -0.3 is 14.2 Å². The number of fused-ring (bicyclic) bond motifs is 2. The fraction of sp³-hybridized carbons (Fsp3) is 0.250. The second kappa shape index (κ2) is 14.6. The van der Waals surface area contributed by atoms with E-state index in [1.165, 1.54) is 16.5 Å². The minimum Gasteiger partial charge on any atom is -0.497 e. The number of rotatable bonds is 6. The maximum atomic E-state index is 5.80. The average molecular weight is 497 g/mol. The van der Waals surface area contributed by atoms with E-state index in [9.17, 15) is 0 Å². The molecule has 0 spiro atoms. The van der Waals surface area contributed by atoms with Crippen molar-refractivity contribution in [3.63, 3.8) is 0 Å². The zero-order valence-corrected chi connectivity index (χ0v) is 22.4. The van der Waals surface area contributed by atoms with Crippen LogP contribution in [0.25, 0.3) is 21.8 Å². The van der Waals surface area contributed by atoms with Crippen molar-refractivity contribution < 1.29 is 14.2 Å². The van der Waals surface area contributed by atoms with E-state index in [1.54, 1.807) is 7.11 Å². The number of nitrogens with zero attached hydrogens (tertiary/aromatic N) is 2. The van der Waals surface area contributed by atoms with Gasteiger partial charge in [-0.1, -0.05) is 48.5 Å². The van der Waals surface area contributed by atoms with Crippen molar-refractivity contribution in [3.8, 4) is 11.6 Å². The van der Waals surface area contributed by atoms with Crippen molar-refractivity contribution in [3.05, 3.63) is 108 Å². The Morgan fingerprint density at radius 1 is 0.703 bits per heavy atom. The van der Waals surface area contributed by atoms with Gasteiger partial charge in [-0.05, 0) is 74.7 Å². The molecule has 5 nitrogen and oxygen atoms in total. The van der Waals surface area contributed by atoms with E-state index in [-0.39, 0.29) is 0 Å². The van der Waals surface area contributed by atoms with Crippen molar-refractivity contribution in [2.45, 2.75) is 34.3 Å². The van der Waals surface area contributed by atoms with E-state index in [2.05, 4.69) is 35.9 Å². The fourth-order valence-electron chi connectivity index (χ4n) is 3.71. The molecule has 2 heterocycles. The SMILES string of the molecule is CCOCC.COc1ccc(COc2cc(C)c3ccccc3n2)cc1.Cc1ccnc2ccccc12. The Hall–Kier alpha value is -3.96. The van der Waals surface area contributed by atoms with Gasteiger partial charge in [0.1, 0.15) is 12.4 Å². The topological polar surface area (TPSA) is 53.5 Å². The van der Waals surface area contributed by atoms with Crippen LogP contribution in [0.4, 0.5) is 0 Å². The highest BCUT2D eigenvalue weighted by Gasteiger charge is 2.04. The highest BCUT2D eigenvalue weighted by Crippen LogP contribution is 2.22. The Morgan fingerprint density at radius 2 is 1.32 bits per heavy atom. The predicted octanol–water partition coefficient (Wildman–Crippen LogP) is 7.72. The molecule has 0 fully saturated rings. The van der Waals surface area contributed by atoms with E-state index < -0.39 is 0 Å². The van der Waals surface area contributed by atoms with Crippen LogP contribution in [0, 0.1) is 13.8 Å². The van der Waals surface area contributed by atoms with Gasteiger partial charge in [0.2, 0.25) is 5.88 Å². The Balaban J connectivity index is 0.000000197. The first kappa shape index (κ1) is 27.6. The van der Waals surface area contributed by atoms with Crippen LogP contribution in [0.5, 0.6) is 11.6 Å². The molecule has 5 rings (SSSR count). The molecule has 0 radical (unpaired) electrons. The van der Waals surface area contributed by atoms with Gasteiger partial charge >= 0.3 is 0 Å². The minimum atomic E-state index is 0.495. The average Bonchev–Trinajstić information content (AvgIpc) is 2.94. The quantitative estimate of drug-likeness (QED) is 0.241. The summed E-state index contributed by atoms with van der Waals surface area (Å²) in [5.74, 6) is 1.50. The van der Waals surface area contributed by atoms with Gasteiger partial charge in [0.05, 0.1) is 18.1 Å². The molecule has 0 aliphatic carbocycles. The molecule has 0 bridgehead atoms. The Kier molecular flexibility index (Phi) is 10.9. The third-order valence-electron chi connectivity index (χ3n) is 5.72. The van der Waals surface area contributed by atoms with Crippen molar-refractivity contribution in [2.24, 2.45) is 0 Å². The predicted molar refractivity (Wildman–Crippen MR) is 152 cm³/mol. The molecular formula is C32H36N2O3. The van der Waals surface area contributed by atoms with Gasteiger partial charge in [-0.25, -0.2) is 4.98 Å². The first-order valence-electron chi connectivity index (χ1n) is 12.6. The minimum absolute atomic E-state index is 0.495. The maximum absolute atomic E-state index is 5.80. The third-order valence-corrected chi connectivity index (χ3v) is 5.72. The molecule has 192 valence electrons. The van der Waals surface area contributed by atoms with E-state index >= 15 is 0 Å². The molecule has 3 aromatic carbocycles. The smallest absolute Gasteiger partial charge is 0.214 e. The standard InChI is InChI=1S/C18H17NO2.C10H9N.C4H10O/c1-13-11-18(19-17-6-4-3-5-16(13)17)21-12-14-7-9-15(20-2)10-8-14;1-8-6-7-11-10-5-3-2-4-9(8)10;1-3-5-4-2/h3-11H,12H2,1-2H3;2-7H,1H3;3-4H2,1-2H3. The highest BCUT2D eigenvalue weighted by atomic mass is 16.5. The molecule has 37 heavy (non-hydrogen) atoms. The summed E-state index contributed by atoms with van der Waals surface area (Å²) in [6.07, 6.45) is 1.84. The molecule has 2 aromatic heterocycles. The van der Waals surface area contributed by atoms with E-state index in [4.69, 9.17) is 14.2 Å². The molecule has 0 aliphatic rings. The summed E-state index contributed by atoms with van der Waals surface area (Å²) in [5, 5.41) is 2.41. The van der Waals surface area contributed by atoms with Crippen LogP contribution in [0.1, 0.15) is 30.5 Å². The zero-order valence-electron chi connectivity index (χ0n) is 22.4. The van der Waals surface area contributed by atoms with Gasteiger partial charge in [-0.15, -0.1) is 0 Å². The first-order chi connectivity index (χ1) is 18.0.